The van der Waals surface area contributed by atoms with Crippen molar-refractivity contribution in [2.45, 2.75) is 26.5 Å². The first-order valence-corrected chi connectivity index (χ1v) is 7.52. The summed E-state index contributed by atoms with van der Waals surface area (Å²) in [7, 11) is 0. The lowest BCUT2D eigenvalue weighted by Crippen LogP contribution is -2.32. The highest BCUT2D eigenvalue weighted by molar-refractivity contribution is 6.15. The van der Waals surface area contributed by atoms with Gasteiger partial charge in [-0.15, -0.1) is 0 Å². The van der Waals surface area contributed by atoms with E-state index >= 15 is 0 Å². The third-order valence-electron chi connectivity index (χ3n) is 3.54. The van der Waals surface area contributed by atoms with E-state index in [1.165, 1.54) is 12.1 Å². The number of hydrogen-bond acceptors (Lipinski definition) is 3. The van der Waals surface area contributed by atoms with Gasteiger partial charge in [0.25, 0.3) is 0 Å². The first kappa shape index (κ1) is 15.5. The lowest BCUT2D eigenvalue weighted by atomic mass is 9.98. The number of aliphatic imine (C=N–C) groups is 1. The molecule has 0 spiro atoms. The molecular weight excluding hydrogens is 298 g/mol. The zero-order chi connectivity index (χ0) is 16.6. The molecule has 120 valence electrons. The molecule has 0 saturated carbocycles. The molecule has 0 aliphatic carbocycles. The maximum absolute atomic E-state index is 14.2. The fraction of sp³-hybridized carbons (Fsp3) is 0.278. The molecule has 3 rings (SSSR count). The molecule has 1 aliphatic heterocycles. The van der Waals surface area contributed by atoms with Crippen LogP contribution in [0.1, 0.15) is 31.9 Å². The fourth-order valence-corrected chi connectivity index (χ4v) is 2.62. The van der Waals surface area contributed by atoms with Crippen molar-refractivity contribution in [1.82, 2.24) is 0 Å². The zero-order valence-corrected chi connectivity index (χ0v) is 13.3. The molecule has 0 radical (unpaired) electrons. The number of benzene rings is 2. The molecule has 0 saturated heterocycles. The Morgan fingerprint density at radius 3 is 2.52 bits per heavy atom. The van der Waals surface area contributed by atoms with Crippen molar-refractivity contribution in [2.24, 2.45) is 4.99 Å². The summed E-state index contributed by atoms with van der Waals surface area (Å²) in [6.07, 6.45) is 0. The molecule has 1 heterocycles. The van der Waals surface area contributed by atoms with Gasteiger partial charge in [0.05, 0.1) is 5.71 Å². The average Bonchev–Trinajstić information content (AvgIpc) is 2.45. The van der Waals surface area contributed by atoms with Crippen LogP contribution in [0.15, 0.2) is 41.4 Å². The number of ether oxygens (including phenoxy) is 1. The van der Waals surface area contributed by atoms with Crippen LogP contribution in [0, 0.1) is 11.6 Å². The number of nitrogens with one attached hydrogen (secondary N) is 1. The van der Waals surface area contributed by atoms with Crippen molar-refractivity contribution < 1.29 is 13.5 Å². The molecule has 5 heteroatoms. The van der Waals surface area contributed by atoms with Crippen molar-refractivity contribution in [3.63, 3.8) is 0 Å². The van der Waals surface area contributed by atoms with E-state index in [2.05, 4.69) is 10.3 Å². The van der Waals surface area contributed by atoms with E-state index in [1.54, 1.807) is 13.8 Å². The van der Waals surface area contributed by atoms with Gasteiger partial charge in [0.15, 0.2) is 5.72 Å². The van der Waals surface area contributed by atoms with Gasteiger partial charge in [-0.05, 0) is 45.0 Å². The summed E-state index contributed by atoms with van der Waals surface area (Å²) in [5.74, 6) is -0.619. The van der Waals surface area contributed by atoms with Gasteiger partial charge in [0, 0.05) is 35.5 Å². The van der Waals surface area contributed by atoms with Gasteiger partial charge in [-0.2, -0.15) is 0 Å². The minimum absolute atomic E-state index is 0.264. The fourth-order valence-electron chi connectivity index (χ4n) is 2.62. The largest absolute Gasteiger partial charge is 0.466 e. The third-order valence-corrected chi connectivity index (χ3v) is 3.54. The van der Waals surface area contributed by atoms with E-state index in [1.807, 2.05) is 25.1 Å². The Kier molecular flexibility index (Phi) is 3.80. The summed E-state index contributed by atoms with van der Waals surface area (Å²) in [6.45, 7) is 6.40. The molecule has 0 amide bonds. The monoisotopic (exact) mass is 316 g/mol. The summed E-state index contributed by atoms with van der Waals surface area (Å²) in [4.78, 5) is 4.50. The molecule has 1 aliphatic rings. The molecule has 0 aromatic heterocycles. The Hall–Kier alpha value is -2.43. The standard InChI is InChI=1S/C18H18F2N2O/c1-4-21-12-6-8-14-16(10-12)23-18(2,3)22-17(14)13-7-5-11(19)9-15(13)20/h5-10,21H,4H2,1-3H3. The topological polar surface area (TPSA) is 33.6 Å². The van der Waals surface area contributed by atoms with Crippen molar-refractivity contribution >= 4 is 11.4 Å². The van der Waals surface area contributed by atoms with Crippen LogP contribution in [0.4, 0.5) is 14.5 Å². The Balaban J connectivity index is 2.15. The molecule has 3 nitrogen and oxygen atoms in total. The lowest BCUT2D eigenvalue weighted by molar-refractivity contribution is 0.115. The normalized spacial score (nSPS) is 15.4. The van der Waals surface area contributed by atoms with Crippen molar-refractivity contribution in [1.29, 1.82) is 0 Å². The Labute approximate surface area is 134 Å². The van der Waals surface area contributed by atoms with Gasteiger partial charge in [0.2, 0.25) is 0 Å². The maximum Gasteiger partial charge on any atom is 0.195 e. The Bertz CT molecular complexity index is 785. The van der Waals surface area contributed by atoms with Gasteiger partial charge in [0.1, 0.15) is 17.4 Å². The van der Waals surface area contributed by atoms with Crippen molar-refractivity contribution in [2.75, 3.05) is 11.9 Å². The lowest BCUT2D eigenvalue weighted by Gasteiger charge is -2.30. The van der Waals surface area contributed by atoms with Gasteiger partial charge >= 0.3 is 0 Å². The third kappa shape index (κ3) is 3.04. The Morgan fingerprint density at radius 1 is 1.09 bits per heavy atom. The summed E-state index contributed by atoms with van der Waals surface area (Å²) in [5, 5.41) is 3.21. The number of fused-ring (bicyclic) bond motifs is 1. The summed E-state index contributed by atoms with van der Waals surface area (Å²) in [6, 6.07) is 9.11. The zero-order valence-electron chi connectivity index (χ0n) is 13.3. The second-order valence-corrected chi connectivity index (χ2v) is 5.87. The minimum atomic E-state index is -0.825. The molecular formula is C18H18F2N2O. The number of rotatable bonds is 3. The van der Waals surface area contributed by atoms with E-state index in [9.17, 15) is 8.78 Å². The SMILES string of the molecule is CCNc1ccc2c(c1)OC(C)(C)N=C2c1ccc(F)cc1F. The highest BCUT2D eigenvalue weighted by Gasteiger charge is 2.30. The van der Waals surface area contributed by atoms with Crippen LogP contribution in [0.5, 0.6) is 5.75 Å². The molecule has 0 unspecified atom stereocenters. The number of halogens is 2. The quantitative estimate of drug-likeness (QED) is 0.912. The van der Waals surface area contributed by atoms with E-state index in [0.717, 1.165) is 18.3 Å². The van der Waals surface area contributed by atoms with E-state index in [4.69, 9.17) is 4.74 Å². The molecule has 1 N–H and O–H groups in total. The number of nitrogens with zero attached hydrogens (tertiary/aromatic N) is 1. The Morgan fingerprint density at radius 2 is 1.83 bits per heavy atom. The summed E-state index contributed by atoms with van der Waals surface area (Å²) < 4.78 is 33.3. The first-order valence-electron chi connectivity index (χ1n) is 7.52. The second-order valence-electron chi connectivity index (χ2n) is 5.87. The van der Waals surface area contributed by atoms with Crippen LogP contribution >= 0.6 is 0 Å². The number of anilines is 1. The van der Waals surface area contributed by atoms with Crippen LogP contribution in [-0.2, 0) is 0 Å². The van der Waals surface area contributed by atoms with Gasteiger partial charge in [-0.1, -0.05) is 0 Å². The van der Waals surface area contributed by atoms with Crippen LogP contribution in [0.25, 0.3) is 0 Å². The van der Waals surface area contributed by atoms with Crippen molar-refractivity contribution in [3.8, 4) is 5.75 Å². The van der Waals surface area contributed by atoms with Gasteiger partial charge in [-0.3, -0.25) is 0 Å². The van der Waals surface area contributed by atoms with Crippen LogP contribution < -0.4 is 10.1 Å². The second kappa shape index (κ2) is 5.65. The van der Waals surface area contributed by atoms with E-state index in [-0.39, 0.29) is 5.56 Å². The smallest absolute Gasteiger partial charge is 0.195 e. The van der Waals surface area contributed by atoms with Crippen LogP contribution in [0.2, 0.25) is 0 Å². The predicted octanol–water partition coefficient (Wildman–Crippen LogP) is 4.36. The van der Waals surface area contributed by atoms with E-state index < -0.39 is 17.4 Å². The predicted molar refractivity (Wildman–Crippen MR) is 87.3 cm³/mol. The number of hydrogen-bond donors (Lipinski definition) is 1. The van der Waals surface area contributed by atoms with Crippen LogP contribution in [-0.4, -0.2) is 18.0 Å². The van der Waals surface area contributed by atoms with E-state index in [0.29, 0.717) is 17.0 Å². The molecule has 2 aromatic carbocycles. The maximum atomic E-state index is 14.2. The minimum Gasteiger partial charge on any atom is -0.466 e. The highest BCUT2D eigenvalue weighted by Crippen LogP contribution is 2.35. The molecule has 0 fully saturated rings. The molecule has 23 heavy (non-hydrogen) atoms. The summed E-state index contributed by atoms with van der Waals surface area (Å²) in [5.41, 5.74) is 1.52. The van der Waals surface area contributed by atoms with Crippen molar-refractivity contribution in [3.05, 3.63) is 59.2 Å². The van der Waals surface area contributed by atoms with Crippen LogP contribution in [0.3, 0.4) is 0 Å². The summed E-state index contributed by atoms with van der Waals surface area (Å²) >= 11 is 0. The first-order chi connectivity index (χ1) is 10.9. The molecule has 0 bridgehead atoms. The van der Waals surface area contributed by atoms with Gasteiger partial charge < -0.3 is 10.1 Å². The molecule has 2 aromatic rings. The van der Waals surface area contributed by atoms with Gasteiger partial charge in [-0.25, -0.2) is 13.8 Å². The molecule has 0 atom stereocenters. The average molecular weight is 316 g/mol. The highest BCUT2D eigenvalue weighted by atomic mass is 19.1.